The van der Waals surface area contributed by atoms with Crippen LogP contribution in [0.5, 0.6) is 0 Å². The van der Waals surface area contributed by atoms with Gasteiger partial charge in [-0.3, -0.25) is 0 Å². The lowest BCUT2D eigenvalue weighted by Gasteiger charge is -2.18. The van der Waals surface area contributed by atoms with Crippen molar-refractivity contribution in [1.29, 1.82) is 0 Å². The van der Waals surface area contributed by atoms with Gasteiger partial charge in [0.2, 0.25) is 10.0 Å². The molecule has 2 atom stereocenters. The highest BCUT2D eigenvalue weighted by atomic mass is 32.2. The van der Waals surface area contributed by atoms with Crippen molar-refractivity contribution >= 4 is 10.0 Å². The van der Waals surface area contributed by atoms with E-state index in [9.17, 15) is 8.42 Å². The summed E-state index contributed by atoms with van der Waals surface area (Å²) in [5.41, 5.74) is 5.71. The maximum atomic E-state index is 11.9. The molecule has 4 nitrogen and oxygen atoms in total. The van der Waals surface area contributed by atoms with Crippen molar-refractivity contribution < 1.29 is 8.42 Å². The first-order valence-corrected chi connectivity index (χ1v) is 7.30. The van der Waals surface area contributed by atoms with E-state index in [2.05, 4.69) is 6.92 Å². The molecule has 15 heavy (non-hydrogen) atoms. The van der Waals surface area contributed by atoms with Crippen LogP contribution in [0.15, 0.2) is 0 Å². The summed E-state index contributed by atoms with van der Waals surface area (Å²) < 4.78 is 25.4. The van der Waals surface area contributed by atoms with E-state index in [0.29, 0.717) is 13.1 Å². The fourth-order valence-corrected chi connectivity index (χ4v) is 3.95. The topological polar surface area (TPSA) is 63.4 Å². The molecule has 0 aliphatic carbocycles. The minimum atomic E-state index is -3.06. The van der Waals surface area contributed by atoms with Gasteiger partial charge in [0, 0.05) is 19.1 Å². The van der Waals surface area contributed by atoms with E-state index in [1.807, 2.05) is 6.92 Å². The standard InChI is InChI=1S/C10H22N2O2S/c1-3-4-9(2)8-15(13,14)12-6-5-10(11)7-12/h9-10H,3-8,11H2,1-2H3/t9?,10-/m1/s1. The van der Waals surface area contributed by atoms with Crippen LogP contribution in [-0.4, -0.2) is 37.6 Å². The molecule has 0 aromatic carbocycles. The molecular weight excluding hydrogens is 212 g/mol. The number of nitrogens with zero attached hydrogens (tertiary/aromatic N) is 1. The smallest absolute Gasteiger partial charge is 0.214 e. The third-order valence-corrected chi connectivity index (χ3v) is 4.97. The van der Waals surface area contributed by atoms with E-state index < -0.39 is 10.0 Å². The van der Waals surface area contributed by atoms with E-state index in [1.54, 1.807) is 4.31 Å². The van der Waals surface area contributed by atoms with Crippen LogP contribution in [-0.2, 0) is 10.0 Å². The molecule has 1 saturated heterocycles. The Balaban J connectivity index is 2.52. The van der Waals surface area contributed by atoms with E-state index in [4.69, 9.17) is 5.73 Å². The molecule has 1 rings (SSSR count). The van der Waals surface area contributed by atoms with Crippen molar-refractivity contribution in [2.24, 2.45) is 11.7 Å². The van der Waals surface area contributed by atoms with Crippen molar-refractivity contribution in [2.75, 3.05) is 18.8 Å². The Morgan fingerprint density at radius 2 is 2.20 bits per heavy atom. The van der Waals surface area contributed by atoms with Crippen LogP contribution in [0, 0.1) is 5.92 Å². The lowest BCUT2D eigenvalue weighted by atomic mass is 10.1. The zero-order valence-electron chi connectivity index (χ0n) is 9.65. The predicted octanol–water partition coefficient (Wildman–Crippen LogP) is 0.785. The fourth-order valence-electron chi connectivity index (χ4n) is 2.05. The summed E-state index contributed by atoms with van der Waals surface area (Å²) in [5, 5.41) is 0. The third-order valence-electron chi connectivity index (χ3n) is 2.86. The molecule has 0 radical (unpaired) electrons. The van der Waals surface area contributed by atoms with Crippen molar-refractivity contribution in [3.63, 3.8) is 0 Å². The highest BCUT2D eigenvalue weighted by molar-refractivity contribution is 7.89. The normalized spacial score (nSPS) is 25.7. The number of rotatable bonds is 5. The number of nitrogens with two attached hydrogens (primary N) is 1. The highest BCUT2D eigenvalue weighted by Gasteiger charge is 2.30. The van der Waals surface area contributed by atoms with E-state index >= 15 is 0 Å². The lowest BCUT2D eigenvalue weighted by Crippen LogP contribution is -2.35. The van der Waals surface area contributed by atoms with Gasteiger partial charge in [-0.1, -0.05) is 20.3 Å². The second-order valence-electron chi connectivity index (χ2n) is 4.58. The van der Waals surface area contributed by atoms with Gasteiger partial charge in [0.1, 0.15) is 0 Å². The van der Waals surface area contributed by atoms with E-state index in [1.165, 1.54) is 0 Å². The second-order valence-corrected chi connectivity index (χ2v) is 6.59. The number of hydrogen-bond donors (Lipinski definition) is 1. The zero-order chi connectivity index (χ0) is 11.5. The van der Waals surface area contributed by atoms with Crippen LogP contribution < -0.4 is 5.73 Å². The summed E-state index contributed by atoms with van der Waals surface area (Å²) in [5.74, 6) is 0.518. The molecule has 90 valence electrons. The molecule has 0 aromatic heterocycles. The summed E-state index contributed by atoms with van der Waals surface area (Å²) in [6, 6.07) is 0.0289. The first kappa shape index (κ1) is 12.9. The molecule has 0 amide bonds. The molecule has 0 saturated carbocycles. The Bertz CT molecular complexity index is 290. The van der Waals surface area contributed by atoms with Gasteiger partial charge in [-0.05, 0) is 18.8 Å². The van der Waals surface area contributed by atoms with Gasteiger partial charge in [0.15, 0.2) is 0 Å². The molecule has 1 unspecified atom stereocenters. The first-order chi connectivity index (χ1) is 6.95. The fraction of sp³-hybridized carbons (Fsp3) is 1.00. The number of hydrogen-bond acceptors (Lipinski definition) is 3. The molecular formula is C10H22N2O2S. The lowest BCUT2D eigenvalue weighted by molar-refractivity contribution is 0.457. The van der Waals surface area contributed by atoms with Crippen molar-refractivity contribution in [3.05, 3.63) is 0 Å². The van der Waals surface area contributed by atoms with Gasteiger partial charge in [0.25, 0.3) is 0 Å². The summed E-state index contributed by atoms with van der Waals surface area (Å²) in [6.07, 6.45) is 2.80. The van der Waals surface area contributed by atoms with Crippen LogP contribution in [0.1, 0.15) is 33.1 Å². The average molecular weight is 234 g/mol. The second kappa shape index (κ2) is 5.27. The Morgan fingerprint density at radius 3 is 2.67 bits per heavy atom. The quantitative estimate of drug-likeness (QED) is 0.765. The van der Waals surface area contributed by atoms with Gasteiger partial charge in [-0.15, -0.1) is 0 Å². The van der Waals surface area contributed by atoms with Crippen molar-refractivity contribution in [1.82, 2.24) is 4.31 Å². The minimum absolute atomic E-state index is 0.0289. The largest absolute Gasteiger partial charge is 0.326 e. The molecule has 1 heterocycles. The Labute approximate surface area is 92.9 Å². The van der Waals surface area contributed by atoms with Gasteiger partial charge in [-0.25, -0.2) is 12.7 Å². The Hall–Kier alpha value is -0.130. The van der Waals surface area contributed by atoms with Gasteiger partial charge in [-0.2, -0.15) is 0 Å². The average Bonchev–Trinajstić information content (AvgIpc) is 2.51. The zero-order valence-corrected chi connectivity index (χ0v) is 10.5. The van der Waals surface area contributed by atoms with Crippen LogP contribution >= 0.6 is 0 Å². The third kappa shape index (κ3) is 3.74. The van der Waals surface area contributed by atoms with Crippen molar-refractivity contribution in [3.8, 4) is 0 Å². The monoisotopic (exact) mass is 234 g/mol. The van der Waals surface area contributed by atoms with Crippen LogP contribution in [0.3, 0.4) is 0 Å². The molecule has 0 aromatic rings. The van der Waals surface area contributed by atoms with Crippen LogP contribution in [0.25, 0.3) is 0 Å². The maximum absolute atomic E-state index is 11.9. The summed E-state index contributed by atoms with van der Waals surface area (Å²) in [4.78, 5) is 0. The molecule has 5 heteroatoms. The molecule has 1 aliphatic heterocycles. The SMILES string of the molecule is CCCC(C)CS(=O)(=O)N1CC[C@@H](N)C1. The van der Waals surface area contributed by atoms with Crippen LogP contribution in [0.2, 0.25) is 0 Å². The van der Waals surface area contributed by atoms with Gasteiger partial charge < -0.3 is 5.73 Å². The molecule has 0 spiro atoms. The van der Waals surface area contributed by atoms with Crippen LogP contribution in [0.4, 0.5) is 0 Å². The molecule has 0 bridgehead atoms. The van der Waals surface area contributed by atoms with Gasteiger partial charge in [0.05, 0.1) is 5.75 Å². The maximum Gasteiger partial charge on any atom is 0.214 e. The molecule has 1 aliphatic rings. The highest BCUT2D eigenvalue weighted by Crippen LogP contribution is 2.16. The predicted molar refractivity (Wildman–Crippen MR) is 62.0 cm³/mol. The van der Waals surface area contributed by atoms with Gasteiger partial charge >= 0.3 is 0 Å². The van der Waals surface area contributed by atoms with Crippen molar-refractivity contribution in [2.45, 2.75) is 39.2 Å². The summed E-state index contributed by atoms with van der Waals surface area (Å²) in [6.45, 7) is 5.18. The van der Waals surface area contributed by atoms with E-state index in [-0.39, 0.29) is 17.7 Å². The first-order valence-electron chi connectivity index (χ1n) is 5.69. The number of sulfonamides is 1. The summed E-state index contributed by atoms with van der Waals surface area (Å²) >= 11 is 0. The molecule has 1 fully saturated rings. The summed E-state index contributed by atoms with van der Waals surface area (Å²) in [7, 11) is -3.06. The Kier molecular flexibility index (Phi) is 4.55. The minimum Gasteiger partial charge on any atom is -0.326 e. The molecule has 2 N–H and O–H groups in total. The van der Waals surface area contributed by atoms with E-state index in [0.717, 1.165) is 19.3 Å². The Morgan fingerprint density at radius 1 is 1.53 bits per heavy atom.